The van der Waals surface area contributed by atoms with Gasteiger partial charge in [0.05, 0.1) is 6.10 Å². The van der Waals surface area contributed by atoms with Crippen LogP contribution in [0.1, 0.15) is 24.2 Å². The SMILES string of the molecule is CSC[C@@H](C)C(=O)NC[C@H](O)c1ccccc1C. The van der Waals surface area contributed by atoms with E-state index in [2.05, 4.69) is 5.32 Å². The van der Waals surface area contributed by atoms with Gasteiger partial charge in [0.25, 0.3) is 0 Å². The van der Waals surface area contributed by atoms with Crippen LogP contribution in [0, 0.1) is 12.8 Å². The fourth-order valence-corrected chi connectivity index (χ4v) is 2.42. The molecule has 100 valence electrons. The normalized spacial score (nSPS) is 14.0. The smallest absolute Gasteiger partial charge is 0.223 e. The molecule has 0 aliphatic heterocycles. The Balaban J connectivity index is 2.49. The summed E-state index contributed by atoms with van der Waals surface area (Å²) in [4.78, 5) is 11.7. The number of carbonyl (C=O) groups is 1. The largest absolute Gasteiger partial charge is 0.387 e. The zero-order chi connectivity index (χ0) is 13.5. The minimum atomic E-state index is -0.642. The predicted octanol–water partition coefficient (Wildman–Crippen LogP) is 2.14. The predicted molar refractivity (Wildman–Crippen MR) is 76.7 cm³/mol. The zero-order valence-corrected chi connectivity index (χ0v) is 12.0. The van der Waals surface area contributed by atoms with Gasteiger partial charge in [-0.15, -0.1) is 0 Å². The molecule has 0 aliphatic rings. The molecule has 1 amide bonds. The van der Waals surface area contributed by atoms with Crippen LogP contribution >= 0.6 is 11.8 Å². The van der Waals surface area contributed by atoms with Crippen molar-refractivity contribution in [2.24, 2.45) is 5.92 Å². The highest BCUT2D eigenvalue weighted by molar-refractivity contribution is 7.98. The summed E-state index contributed by atoms with van der Waals surface area (Å²) in [5.41, 5.74) is 1.91. The molecule has 1 aromatic rings. The molecule has 4 heteroatoms. The summed E-state index contributed by atoms with van der Waals surface area (Å²) in [6.45, 7) is 4.12. The fraction of sp³-hybridized carbons (Fsp3) is 0.500. The van der Waals surface area contributed by atoms with E-state index in [-0.39, 0.29) is 18.4 Å². The van der Waals surface area contributed by atoms with Crippen molar-refractivity contribution in [1.82, 2.24) is 5.32 Å². The Morgan fingerprint density at radius 1 is 1.44 bits per heavy atom. The molecule has 18 heavy (non-hydrogen) atoms. The minimum Gasteiger partial charge on any atom is -0.387 e. The van der Waals surface area contributed by atoms with Crippen LogP contribution in [-0.4, -0.2) is 29.6 Å². The van der Waals surface area contributed by atoms with E-state index in [4.69, 9.17) is 0 Å². The topological polar surface area (TPSA) is 49.3 Å². The number of hydrogen-bond donors (Lipinski definition) is 2. The lowest BCUT2D eigenvalue weighted by Crippen LogP contribution is -2.33. The highest BCUT2D eigenvalue weighted by atomic mass is 32.2. The molecule has 0 spiro atoms. The Morgan fingerprint density at radius 2 is 2.11 bits per heavy atom. The first-order chi connectivity index (χ1) is 8.56. The van der Waals surface area contributed by atoms with Crippen LogP contribution in [0.3, 0.4) is 0 Å². The Morgan fingerprint density at radius 3 is 2.72 bits per heavy atom. The van der Waals surface area contributed by atoms with Crippen molar-refractivity contribution in [2.75, 3.05) is 18.6 Å². The molecule has 0 saturated carbocycles. The number of carbonyl (C=O) groups excluding carboxylic acids is 1. The molecule has 1 aromatic carbocycles. The molecular weight excluding hydrogens is 246 g/mol. The molecule has 0 aromatic heterocycles. The van der Waals surface area contributed by atoms with Gasteiger partial charge in [-0.1, -0.05) is 31.2 Å². The van der Waals surface area contributed by atoms with Gasteiger partial charge < -0.3 is 10.4 Å². The van der Waals surface area contributed by atoms with Crippen molar-refractivity contribution >= 4 is 17.7 Å². The van der Waals surface area contributed by atoms with Crippen LogP contribution in [0.2, 0.25) is 0 Å². The molecule has 1 rings (SSSR count). The van der Waals surface area contributed by atoms with Crippen LogP contribution in [0.5, 0.6) is 0 Å². The Labute approximate surface area is 113 Å². The van der Waals surface area contributed by atoms with E-state index in [0.717, 1.165) is 16.9 Å². The lowest BCUT2D eigenvalue weighted by molar-refractivity contribution is -0.124. The van der Waals surface area contributed by atoms with E-state index >= 15 is 0 Å². The van der Waals surface area contributed by atoms with Crippen LogP contribution < -0.4 is 5.32 Å². The third-order valence-corrected chi connectivity index (χ3v) is 3.71. The van der Waals surface area contributed by atoms with Crippen molar-refractivity contribution in [3.8, 4) is 0 Å². The number of aliphatic hydroxyl groups is 1. The van der Waals surface area contributed by atoms with Crippen molar-refractivity contribution < 1.29 is 9.90 Å². The Bertz CT molecular complexity index is 395. The summed E-state index contributed by atoms with van der Waals surface area (Å²) >= 11 is 1.65. The lowest BCUT2D eigenvalue weighted by atomic mass is 10.0. The van der Waals surface area contributed by atoms with Crippen molar-refractivity contribution in [2.45, 2.75) is 20.0 Å². The van der Waals surface area contributed by atoms with Gasteiger partial charge in [-0.2, -0.15) is 11.8 Å². The number of amides is 1. The third kappa shape index (κ3) is 4.35. The summed E-state index contributed by atoms with van der Waals surface area (Å²) in [7, 11) is 0. The number of benzene rings is 1. The van der Waals surface area contributed by atoms with Gasteiger partial charge in [0.1, 0.15) is 0 Å². The second kappa shape index (κ2) is 7.44. The maximum atomic E-state index is 11.7. The Hall–Kier alpha value is -1.00. The highest BCUT2D eigenvalue weighted by Crippen LogP contribution is 2.16. The monoisotopic (exact) mass is 267 g/mol. The van der Waals surface area contributed by atoms with Gasteiger partial charge in [0, 0.05) is 18.2 Å². The quantitative estimate of drug-likeness (QED) is 0.830. The molecule has 0 aliphatic carbocycles. The second-order valence-corrected chi connectivity index (χ2v) is 5.38. The van der Waals surface area contributed by atoms with Crippen molar-refractivity contribution in [3.05, 3.63) is 35.4 Å². The molecule has 2 N–H and O–H groups in total. The summed E-state index contributed by atoms with van der Waals surface area (Å²) in [6, 6.07) is 7.67. The first-order valence-corrected chi connectivity index (χ1v) is 7.46. The van der Waals surface area contributed by atoms with E-state index in [1.807, 2.05) is 44.4 Å². The molecular formula is C14H21NO2S. The van der Waals surface area contributed by atoms with E-state index in [1.165, 1.54) is 0 Å². The average molecular weight is 267 g/mol. The third-order valence-electron chi connectivity index (χ3n) is 2.88. The van der Waals surface area contributed by atoms with Gasteiger partial charge in [0.15, 0.2) is 0 Å². The highest BCUT2D eigenvalue weighted by Gasteiger charge is 2.15. The molecule has 0 unspecified atom stereocenters. The van der Waals surface area contributed by atoms with Gasteiger partial charge in [-0.05, 0) is 24.3 Å². The number of nitrogens with one attached hydrogen (secondary N) is 1. The number of hydrogen-bond acceptors (Lipinski definition) is 3. The zero-order valence-electron chi connectivity index (χ0n) is 11.1. The van der Waals surface area contributed by atoms with Gasteiger partial charge >= 0.3 is 0 Å². The minimum absolute atomic E-state index is 0.00279. The maximum Gasteiger partial charge on any atom is 0.223 e. The molecule has 0 fully saturated rings. The van der Waals surface area contributed by atoms with Crippen LogP contribution in [-0.2, 0) is 4.79 Å². The maximum absolute atomic E-state index is 11.7. The summed E-state index contributed by atoms with van der Waals surface area (Å²) in [5, 5.41) is 12.8. The van der Waals surface area contributed by atoms with Crippen molar-refractivity contribution in [1.29, 1.82) is 0 Å². The summed E-state index contributed by atoms with van der Waals surface area (Å²) in [6.07, 6.45) is 1.34. The first kappa shape index (κ1) is 15.1. The standard InChI is InChI=1S/C14H21NO2S/c1-10-6-4-5-7-12(10)13(16)8-15-14(17)11(2)9-18-3/h4-7,11,13,16H,8-9H2,1-3H3,(H,15,17)/t11-,13+/m1/s1. The van der Waals surface area contributed by atoms with E-state index in [0.29, 0.717) is 0 Å². The number of aryl methyl sites for hydroxylation is 1. The molecule has 0 heterocycles. The van der Waals surface area contributed by atoms with Crippen molar-refractivity contribution in [3.63, 3.8) is 0 Å². The van der Waals surface area contributed by atoms with E-state index in [9.17, 15) is 9.90 Å². The summed E-state index contributed by atoms with van der Waals surface area (Å²) < 4.78 is 0. The van der Waals surface area contributed by atoms with Crippen LogP contribution in [0.4, 0.5) is 0 Å². The fourth-order valence-electron chi connectivity index (χ4n) is 1.77. The average Bonchev–Trinajstić information content (AvgIpc) is 2.36. The molecule has 2 atom stereocenters. The number of thioether (sulfide) groups is 1. The molecule has 3 nitrogen and oxygen atoms in total. The Kier molecular flexibility index (Phi) is 6.22. The lowest BCUT2D eigenvalue weighted by Gasteiger charge is -2.16. The van der Waals surface area contributed by atoms with Gasteiger partial charge in [-0.25, -0.2) is 0 Å². The van der Waals surface area contributed by atoms with Crippen LogP contribution in [0.15, 0.2) is 24.3 Å². The van der Waals surface area contributed by atoms with Crippen LogP contribution in [0.25, 0.3) is 0 Å². The van der Waals surface area contributed by atoms with Gasteiger partial charge in [0.2, 0.25) is 5.91 Å². The second-order valence-electron chi connectivity index (χ2n) is 4.47. The molecule has 0 bridgehead atoms. The first-order valence-electron chi connectivity index (χ1n) is 6.06. The number of aliphatic hydroxyl groups excluding tert-OH is 1. The van der Waals surface area contributed by atoms with E-state index in [1.54, 1.807) is 11.8 Å². The summed E-state index contributed by atoms with van der Waals surface area (Å²) in [5.74, 6) is 0.771. The van der Waals surface area contributed by atoms with Gasteiger partial charge in [-0.3, -0.25) is 4.79 Å². The van der Waals surface area contributed by atoms with E-state index < -0.39 is 6.10 Å². The number of rotatable bonds is 6. The molecule has 0 radical (unpaired) electrons. The molecule has 0 saturated heterocycles.